The summed E-state index contributed by atoms with van der Waals surface area (Å²) < 4.78 is 50.0. The van der Waals surface area contributed by atoms with Gasteiger partial charge in [-0.15, -0.1) is 0 Å². The molecule has 2 atom stereocenters. The Morgan fingerprint density at radius 1 is 0.595 bits per heavy atom. The van der Waals surface area contributed by atoms with Crippen molar-refractivity contribution in [3.8, 4) is 0 Å². The van der Waals surface area contributed by atoms with E-state index in [-0.39, 0.29) is 56.7 Å². The third-order valence-corrected chi connectivity index (χ3v) is 7.18. The minimum atomic E-state index is -4.81. The van der Waals surface area contributed by atoms with Gasteiger partial charge in [-0.3, -0.25) is 37.4 Å². The number of nitrogens with zero attached hydrogens (tertiary/aromatic N) is 3. The monoisotopic (exact) mass is 649 g/mol. The van der Waals surface area contributed by atoms with Gasteiger partial charge >= 0.3 is 15.6 Å². The van der Waals surface area contributed by atoms with Crippen molar-refractivity contribution in [1.29, 1.82) is 0 Å². The number of rotatable bonds is 22. The highest BCUT2D eigenvalue weighted by Gasteiger charge is 2.30. The Bertz CT molecular complexity index is 933. The Labute approximate surface area is 248 Å². The third-order valence-electron chi connectivity index (χ3n) is 5.34. The number of phosphoric acid groups is 2. The molecule has 0 spiro atoms. The van der Waals surface area contributed by atoms with Gasteiger partial charge in [0.05, 0.1) is 25.9 Å². The van der Waals surface area contributed by atoms with Crippen LogP contribution >= 0.6 is 15.6 Å². The Hall–Kier alpha value is -1.45. The number of ether oxygens (including phenoxy) is 1. The average molecular weight is 650 g/mol. The summed E-state index contributed by atoms with van der Waals surface area (Å²) in [5.74, 6) is -2.72. The van der Waals surface area contributed by atoms with Crippen molar-refractivity contribution < 1.29 is 61.2 Å². The molecule has 0 aromatic carbocycles. The minimum absolute atomic E-state index is 0.00334. The van der Waals surface area contributed by atoms with Crippen LogP contribution in [0.3, 0.4) is 0 Å². The van der Waals surface area contributed by atoms with Gasteiger partial charge in [0.25, 0.3) is 0 Å². The smallest absolute Gasteiger partial charge is 0.395 e. The lowest BCUT2D eigenvalue weighted by Crippen LogP contribution is -2.39. The molecule has 42 heavy (non-hydrogen) atoms. The number of aliphatic hydroxyl groups excluding tert-OH is 1. The first-order chi connectivity index (χ1) is 19.3. The average Bonchev–Trinajstić information content (AvgIpc) is 2.88. The molecule has 0 rings (SSSR count). The van der Waals surface area contributed by atoms with Crippen molar-refractivity contribution in [3.63, 3.8) is 0 Å². The van der Waals surface area contributed by atoms with Crippen LogP contribution < -0.4 is 0 Å². The highest BCUT2D eigenvalue weighted by molar-refractivity contribution is 7.47. The van der Waals surface area contributed by atoms with E-state index in [1.54, 1.807) is 27.7 Å². The molecule has 0 radical (unpaired) electrons. The maximum Gasteiger partial charge on any atom is 0.475 e. The van der Waals surface area contributed by atoms with Gasteiger partial charge in [0.2, 0.25) is 17.7 Å². The third kappa shape index (κ3) is 17.0. The fraction of sp³-hybridized carbons (Fsp3) is 0.875. The van der Waals surface area contributed by atoms with E-state index in [2.05, 4.69) is 0 Å². The second-order valence-electron chi connectivity index (χ2n) is 10.5. The second-order valence-corrected chi connectivity index (χ2v) is 13.4. The molecule has 0 saturated heterocycles. The van der Waals surface area contributed by atoms with Crippen molar-refractivity contribution in [1.82, 2.24) is 14.7 Å². The highest BCUT2D eigenvalue weighted by atomic mass is 31.2. The molecule has 0 aromatic rings. The van der Waals surface area contributed by atoms with Crippen molar-refractivity contribution in [2.24, 2.45) is 17.8 Å². The van der Waals surface area contributed by atoms with Gasteiger partial charge in [0.1, 0.15) is 20.2 Å². The molecule has 248 valence electrons. The quantitative estimate of drug-likeness (QED) is 0.114. The Morgan fingerprint density at radius 3 is 1.40 bits per heavy atom. The normalized spacial score (nSPS) is 14.7. The molecule has 0 aliphatic rings. The first-order valence-electron chi connectivity index (χ1n) is 13.7. The summed E-state index contributed by atoms with van der Waals surface area (Å²) in [5.41, 5.74) is 0. The number of amides is 3. The molecular formula is C24H49N3O13P2. The Kier molecular flexibility index (Phi) is 19.1. The molecule has 0 aliphatic heterocycles. The largest absolute Gasteiger partial charge is 0.475 e. The number of aliphatic hydroxyl groups is 1. The molecule has 0 aliphatic carbocycles. The summed E-state index contributed by atoms with van der Waals surface area (Å²) in [6.07, 6.45) is -0.0875. The summed E-state index contributed by atoms with van der Waals surface area (Å²) in [7, 11) is -9.56. The summed E-state index contributed by atoms with van der Waals surface area (Å²) >= 11 is 0. The van der Waals surface area contributed by atoms with Crippen LogP contribution in [-0.4, -0.2) is 113 Å². The lowest BCUT2D eigenvalue weighted by atomic mass is 10.2. The molecule has 2 unspecified atom stereocenters. The van der Waals surface area contributed by atoms with Crippen molar-refractivity contribution >= 4 is 33.4 Å². The van der Waals surface area contributed by atoms with Gasteiger partial charge in [-0.1, -0.05) is 41.5 Å². The summed E-state index contributed by atoms with van der Waals surface area (Å²) in [5, 5.41) is 9.15. The standard InChI is InChI=1S/C24H49N3O13P2/c1-18(2)22(29)25(9-12-28)11-14-37-41(32,33)39-16-27(24(31)20(5)6)17-40-42(34,35)38-15-26(23(30)19(3)4)10-13-36-21(7)8/h18-21,28H,9-17H2,1-8H3,(H,32,33)(H,34,35). The van der Waals surface area contributed by atoms with Crippen LogP contribution in [0.15, 0.2) is 0 Å². The van der Waals surface area contributed by atoms with Gasteiger partial charge in [0, 0.05) is 37.4 Å². The SMILES string of the molecule is CC(C)OCCN(COP(=O)(O)OCN(COP(=O)(O)OCCN(CCO)C(=O)C(C)C)C(=O)C(C)C)C(=O)C(C)C. The summed E-state index contributed by atoms with van der Waals surface area (Å²) in [6.45, 7) is 10.5. The Balaban J connectivity index is 5.18. The predicted molar refractivity (Wildman–Crippen MR) is 151 cm³/mol. The van der Waals surface area contributed by atoms with Crippen molar-refractivity contribution in [2.45, 2.75) is 61.5 Å². The van der Waals surface area contributed by atoms with E-state index in [9.17, 15) is 33.3 Å². The zero-order valence-corrected chi connectivity index (χ0v) is 27.6. The topological polar surface area (TPSA) is 202 Å². The van der Waals surface area contributed by atoms with Gasteiger partial charge in [0.15, 0.2) is 0 Å². The van der Waals surface area contributed by atoms with E-state index in [1.165, 1.54) is 23.6 Å². The maximum absolute atomic E-state index is 12.6. The first kappa shape index (κ1) is 40.5. The van der Waals surface area contributed by atoms with Gasteiger partial charge in [-0.2, -0.15) is 0 Å². The fourth-order valence-electron chi connectivity index (χ4n) is 3.12. The van der Waals surface area contributed by atoms with Crippen LogP contribution in [-0.2, 0) is 46.3 Å². The number of carbonyl (C=O) groups excluding carboxylic acids is 3. The molecule has 0 fully saturated rings. The van der Waals surface area contributed by atoms with Gasteiger partial charge < -0.3 is 29.4 Å². The zero-order valence-electron chi connectivity index (χ0n) is 25.8. The molecule has 0 saturated carbocycles. The molecular weight excluding hydrogens is 600 g/mol. The van der Waals surface area contributed by atoms with Crippen LogP contribution in [0.4, 0.5) is 0 Å². The molecule has 0 heterocycles. The van der Waals surface area contributed by atoms with E-state index >= 15 is 0 Å². The van der Waals surface area contributed by atoms with Crippen LogP contribution in [0, 0.1) is 17.8 Å². The fourth-order valence-corrected chi connectivity index (χ4v) is 4.44. The van der Waals surface area contributed by atoms with Crippen LogP contribution in [0.1, 0.15) is 55.4 Å². The number of hydrogen-bond acceptors (Lipinski definition) is 11. The lowest BCUT2D eigenvalue weighted by molar-refractivity contribution is -0.142. The van der Waals surface area contributed by atoms with E-state index in [4.69, 9.17) is 27.9 Å². The Morgan fingerprint density at radius 2 is 0.976 bits per heavy atom. The van der Waals surface area contributed by atoms with Crippen molar-refractivity contribution in [3.05, 3.63) is 0 Å². The van der Waals surface area contributed by atoms with Crippen LogP contribution in [0.5, 0.6) is 0 Å². The van der Waals surface area contributed by atoms with Gasteiger partial charge in [-0.05, 0) is 13.8 Å². The molecule has 0 bridgehead atoms. The number of hydrogen-bond donors (Lipinski definition) is 3. The second kappa shape index (κ2) is 19.8. The zero-order chi connectivity index (χ0) is 32.7. The molecule has 16 nitrogen and oxygen atoms in total. The van der Waals surface area contributed by atoms with E-state index in [0.29, 0.717) is 0 Å². The molecule has 3 N–H and O–H groups in total. The maximum atomic E-state index is 12.6. The first-order valence-corrected chi connectivity index (χ1v) is 16.6. The summed E-state index contributed by atoms with van der Waals surface area (Å²) in [6, 6.07) is 0. The van der Waals surface area contributed by atoms with Gasteiger partial charge in [-0.25, -0.2) is 9.13 Å². The minimum Gasteiger partial charge on any atom is -0.395 e. The van der Waals surface area contributed by atoms with Crippen LogP contribution in [0.25, 0.3) is 0 Å². The number of phosphoric ester groups is 2. The summed E-state index contributed by atoms with van der Waals surface area (Å²) in [4.78, 5) is 60.7. The lowest BCUT2D eigenvalue weighted by Gasteiger charge is -2.28. The van der Waals surface area contributed by atoms with E-state index in [1.807, 2.05) is 13.8 Å². The number of carbonyl (C=O) groups is 3. The molecule has 18 heteroatoms. The highest BCUT2D eigenvalue weighted by Crippen LogP contribution is 2.45. The van der Waals surface area contributed by atoms with Crippen molar-refractivity contribution in [2.75, 3.05) is 59.6 Å². The van der Waals surface area contributed by atoms with E-state index in [0.717, 1.165) is 4.90 Å². The van der Waals surface area contributed by atoms with E-state index < -0.39 is 60.2 Å². The molecule has 0 aromatic heterocycles. The van der Waals surface area contributed by atoms with Crippen LogP contribution in [0.2, 0.25) is 0 Å². The predicted octanol–water partition coefficient (Wildman–Crippen LogP) is 2.00. The molecule has 3 amide bonds.